The number of carbonyl (C=O) groups is 2. The number of methoxy groups -OCH3 is 2. The molecule has 6 nitrogen and oxygen atoms in total. The highest BCUT2D eigenvalue weighted by molar-refractivity contribution is 5.87. The first-order valence-corrected chi connectivity index (χ1v) is 6.38. The number of amides is 1. The Balaban J connectivity index is 2.68. The van der Waals surface area contributed by atoms with Crippen molar-refractivity contribution in [2.45, 2.75) is 6.92 Å². The fourth-order valence-corrected chi connectivity index (χ4v) is 1.53. The number of nitrogens with one attached hydrogen (secondary N) is 1. The van der Waals surface area contributed by atoms with Gasteiger partial charge >= 0.3 is 5.97 Å². The summed E-state index contributed by atoms with van der Waals surface area (Å²) in [5.41, 5.74) is 0.784. The van der Waals surface area contributed by atoms with Gasteiger partial charge in [0.1, 0.15) is 6.61 Å². The van der Waals surface area contributed by atoms with Gasteiger partial charge in [-0.25, -0.2) is 4.79 Å². The third kappa shape index (κ3) is 5.99. The molecule has 0 unspecified atom stereocenters. The molecule has 21 heavy (non-hydrogen) atoms. The maximum Gasteiger partial charge on any atom is 0.330 e. The molecule has 0 radical (unpaired) electrons. The number of hydrogen-bond acceptors (Lipinski definition) is 5. The van der Waals surface area contributed by atoms with E-state index in [-0.39, 0.29) is 5.91 Å². The molecule has 0 saturated carbocycles. The Kier molecular flexibility index (Phi) is 6.80. The molecule has 1 aromatic carbocycles. The molecular formula is C15H19NO5. The second kappa shape index (κ2) is 8.63. The lowest BCUT2D eigenvalue weighted by molar-refractivity contribution is -0.134. The first-order valence-electron chi connectivity index (χ1n) is 6.38. The summed E-state index contributed by atoms with van der Waals surface area (Å²) in [4.78, 5) is 21.8. The quantitative estimate of drug-likeness (QED) is 0.467. The normalized spacial score (nSPS) is 10.2. The molecule has 0 atom stereocenters. The Morgan fingerprint density at radius 2 is 2.00 bits per heavy atom. The van der Waals surface area contributed by atoms with E-state index < -0.39 is 5.97 Å². The lowest BCUT2D eigenvalue weighted by atomic mass is 10.2. The van der Waals surface area contributed by atoms with Gasteiger partial charge in [0.05, 0.1) is 20.8 Å². The number of benzene rings is 1. The minimum absolute atomic E-state index is 0.103. The van der Waals surface area contributed by atoms with Crippen molar-refractivity contribution >= 4 is 18.0 Å². The van der Waals surface area contributed by atoms with Gasteiger partial charge in [-0.15, -0.1) is 0 Å². The Hall–Kier alpha value is -2.50. The highest BCUT2D eigenvalue weighted by Crippen LogP contribution is 2.28. The van der Waals surface area contributed by atoms with Crippen molar-refractivity contribution in [1.82, 2.24) is 5.32 Å². The summed E-state index contributed by atoms with van der Waals surface area (Å²) in [5, 5.41) is 2.64. The Bertz CT molecular complexity index is 525. The number of carbonyl (C=O) groups excluding carboxylic acids is 2. The molecule has 0 aliphatic rings. The van der Waals surface area contributed by atoms with Crippen molar-refractivity contribution in [3.63, 3.8) is 0 Å². The summed E-state index contributed by atoms with van der Waals surface area (Å²) in [7, 11) is 2.85. The second-order valence-electron chi connectivity index (χ2n) is 4.10. The molecule has 114 valence electrons. The smallest absolute Gasteiger partial charge is 0.330 e. The summed E-state index contributed by atoms with van der Waals surface area (Å²) >= 11 is 0. The zero-order valence-electron chi connectivity index (χ0n) is 12.3. The molecule has 1 rings (SSSR count). The first kappa shape index (κ1) is 16.6. The zero-order valence-corrected chi connectivity index (χ0v) is 12.3. The fourth-order valence-electron chi connectivity index (χ4n) is 1.53. The minimum Gasteiger partial charge on any atom is -0.493 e. The molecule has 0 fully saturated rings. The lowest BCUT2D eigenvalue weighted by Crippen LogP contribution is -2.25. The van der Waals surface area contributed by atoms with Crippen molar-refractivity contribution in [3.8, 4) is 11.5 Å². The topological polar surface area (TPSA) is 73.9 Å². The van der Waals surface area contributed by atoms with Gasteiger partial charge < -0.3 is 19.5 Å². The largest absolute Gasteiger partial charge is 0.493 e. The third-order valence-corrected chi connectivity index (χ3v) is 2.53. The van der Waals surface area contributed by atoms with Crippen LogP contribution in [0.25, 0.3) is 6.08 Å². The van der Waals surface area contributed by atoms with E-state index in [9.17, 15) is 9.59 Å². The van der Waals surface area contributed by atoms with E-state index in [1.54, 1.807) is 24.3 Å². The van der Waals surface area contributed by atoms with Gasteiger partial charge in [-0.2, -0.15) is 0 Å². The van der Waals surface area contributed by atoms with Crippen molar-refractivity contribution < 1.29 is 23.8 Å². The van der Waals surface area contributed by atoms with Gasteiger partial charge in [0.2, 0.25) is 5.91 Å². The summed E-state index contributed by atoms with van der Waals surface area (Å²) in [6, 6.07) is 5.27. The standard InChI is InChI=1S/C15H19NO5/c1-11(17)16-8-9-21-13-6-4-12(10-14(13)19-2)5-7-15(18)20-3/h4-7,10H,8-9H2,1-3H3,(H,16,17). The molecule has 1 amide bonds. The molecule has 0 heterocycles. The third-order valence-electron chi connectivity index (χ3n) is 2.53. The molecule has 0 aromatic heterocycles. The van der Waals surface area contributed by atoms with Gasteiger partial charge in [-0.1, -0.05) is 6.07 Å². The maximum absolute atomic E-state index is 11.0. The van der Waals surface area contributed by atoms with E-state index in [0.29, 0.717) is 24.7 Å². The number of esters is 1. The van der Waals surface area contributed by atoms with E-state index in [1.807, 2.05) is 0 Å². The van der Waals surface area contributed by atoms with E-state index in [2.05, 4.69) is 10.1 Å². The van der Waals surface area contributed by atoms with Crippen LogP contribution in [-0.4, -0.2) is 39.2 Å². The molecule has 0 saturated heterocycles. The van der Waals surface area contributed by atoms with Gasteiger partial charge in [0, 0.05) is 13.0 Å². The van der Waals surface area contributed by atoms with Crippen LogP contribution in [0.1, 0.15) is 12.5 Å². The highest BCUT2D eigenvalue weighted by Gasteiger charge is 2.05. The second-order valence-corrected chi connectivity index (χ2v) is 4.10. The SMILES string of the molecule is COC(=O)C=Cc1ccc(OCCNC(C)=O)c(OC)c1. The highest BCUT2D eigenvalue weighted by atomic mass is 16.5. The van der Waals surface area contributed by atoms with Crippen LogP contribution in [0.4, 0.5) is 0 Å². The van der Waals surface area contributed by atoms with Crippen LogP contribution < -0.4 is 14.8 Å². The van der Waals surface area contributed by atoms with Crippen LogP contribution in [0, 0.1) is 0 Å². The zero-order chi connectivity index (χ0) is 15.7. The molecule has 0 aliphatic heterocycles. The minimum atomic E-state index is -0.426. The van der Waals surface area contributed by atoms with E-state index in [1.165, 1.54) is 27.2 Å². The summed E-state index contributed by atoms with van der Waals surface area (Å²) in [6.45, 7) is 2.21. The molecule has 0 spiro atoms. The molecule has 0 bridgehead atoms. The fraction of sp³-hybridized carbons (Fsp3) is 0.333. The Morgan fingerprint density at radius 3 is 2.62 bits per heavy atom. The average molecular weight is 293 g/mol. The Morgan fingerprint density at radius 1 is 1.24 bits per heavy atom. The van der Waals surface area contributed by atoms with Crippen LogP contribution in [0.3, 0.4) is 0 Å². The summed E-state index contributed by atoms with van der Waals surface area (Å²) in [5.74, 6) is 0.585. The lowest BCUT2D eigenvalue weighted by Gasteiger charge is -2.11. The predicted molar refractivity (Wildman–Crippen MR) is 78.2 cm³/mol. The van der Waals surface area contributed by atoms with Crippen LogP contribution in [0.2, 0.25) is 0 Å². The monoisotopic (exact) mass is 293 g/mol. The van der Waals surface area contributed by atoms with Gasteiger partial charge in [0.25, 0.3) is 0 Å². The van der Waals surface area contributed by atoms with Crippen molar-refractivity contribution in [2.75, 3.05) is 27.4 Å². The molecule has 0 aliphatic carbocycles. The first-order chi connectivity index (χ1) is 10.1. The van der Waals surface area contributed by atoms with E-state index >= 15 is 0 Å². The van der Waals surface area contributed by atoms with Crippen LogP contribution >= 0.6 is 0 Å². The number of rotatable bonds is 7. The van der Waals surface area contributed by atoms with E-state index in [0.717, 1.165) is 5.56 Å². The van der Waals surface area contributed by atoms with Gasteiger partial charge in [-0.05, 0) is 23.8 Å². The number of hydrogen-bond donors (Lipinski definition) is 1. The van der Waals surface area contributed by atoms with Crippen LogP contribution in [0.15, 0.2) is 24.3 Å². The van der Waals surface area contributed by atoms with E-state index in [4.69, 9.17) is 9.47 Å². The van der Waals surface area contributed by atoms with Crippen molar-refractivity contribution in [2.24, 2.45) is 0 Å². The van der Waals surface area contributed by atoms with Crippen LogP contribution in [-0.2, 0) is 14.3 Å². The number of ether oxygens (including phenoxy) is 3. The van der Waals surface area contributed by atoms with Gasteiger partial charge in [-0.3, -0.25) is 4.79 Å². The van der Waals surface area contributed by atoms with Crippen LogP contribution in [0.5, 0.6) is 11.5 Å². The molecular weight excluding hydrogens is 274 g/mol. The van der Waals surface area contributed by atoms with Gasteiger partial charge in [0.15, 0.2) is 11.5 Å². The predicted octanol–water partition coefficient (Wildman–Crippen LogP) is 1.40. The molecule has 6 heteroatoms. The summed E-state index contributed by atoms with van der Waals surface area (Å²) < 4.78 is 15.3. The molecule has 1 aromatic rings. The van der Waals surface area contributed by atoms with Crippen molar-refractivity contribution in [3.05, 3.63) is 29.8 Å². The summed E-state index contributed by atoms with van der Waals surface area (Å²) in [6.07, 6.45) is 2.95. The molecule has 1 N–H and O–H groups in total. The Labute approximate surface area is 123 Å². The van der Waals surface area contributed by atoms with Crippen molar-refractivity contribution in [1.29, 1.82) is 0 Å². The average Bonchev–Trinajstić information content (AvgIpc) is 2.49. The maximum atomic E-state index is 11.0.